The molecule has 0 aromatic heterocycles. The summed E-state index contributed by atoms with van der Waals surface area (Å²) in [6.07, 6.45) is -4.54. The molecule has 0 atom stereocenters. The van der Waals surface area contributed by atoms with E-state index < -0.39 is 17.6 Å². The van der Waals surface area contributed by atoms with Gasteiger partial charge < -0.3 is 10.2 Å². The molecule has 0 fully saturated rings. The molecule has 5 nitrogen and oxygen atoms in total. The molecule has 1 N–H and O–H groups in total. The first-order valence-electron chi connectivity index (χ1n) is 10.2. The minimum absolute atomic E-state index is 0.00183. The van der Waals surface area contributed by atoms with Gasteiger partial charge in [0.25, 0.3) is 0 Å². The smallest absolute Gasteiger partial charge is 0.325 e. The lowest BCUT2D eigenvalue weighted by atomic mass is 10.1. The van der Waals surface area contributed by atoms with Crippen LogP contribution in [0.15, 0.2) is 77.8 Å². The summed E-state index contributed by atoms with van der Waals surface area (Å²) in [4.78, 5) is 31.8. The van der Waals surface area contributed by atoms with Crippen LogP contribution in [0.4, 0.5) is 30.2 Å². The Morgan fingerprint density at radius 1 is 1.03 bits per heavy atom. The number of rotatable bonds is 4. The molecule has 4 rings (SSSR count). The van der Waals surface area contributed by atoms with Crippen molar-refractivity contribution in [1.29, 1.82) is 0 Å². The van der Waals surface area contributed by atoms with Gasteiger partial charge in [-0.05, 0) is 42.8 Å². The van der Waals surface area contributed by atoms with E-state index in [-0.39, 0.29) is 24.6 Å². The van der Waals surface area contributed by atoms with E-state index >= 15 is 0 Å². The molecule has 0 radical (unpaired) electrons. The van der Waals surface area contributed by atoms with Gasteiger partial charge in [-0.25, -0.2) is 0 Å². The molecule has 1 aliphatic heterocycles. The number of amides is 2. The highest BCUT2D eigenvalue weighted by Crippen LogP contribution is 2.33. The second-order valence-corrected chi connectivity index (χ2v) is 7.70. The van der Waals surface area contributed by atoms with Crippen molar-refractivity contribution >= 4 is 34.6 Å². The van der Waals surface area contributed by atoms with Crippen molar-refractivity contribution in [3.05, 3.63) is 89.5 Å². The van der Waals surface area contributed by atoms with Gasteiger partial charge in [0.15, 0.2) is 0 Å². The number of aliphatic imine (C=N–C) groups is 1. The van der Waals surface area contributed by atoms with Gasteiger partial charge in [-0.15, -0.1) is 0 Å². The van der Waals surface area contributed by atoms with Gasteiger partial charge in [-0.1, -0.05) is 48.0 Å². The Morgan fingerprint density at radius 2 is 1.76 bits per heavy atom. The third kappa shape index (κ3) is 5.11. The number of benzene rings is 3. The summed E-state index contributed by atoms with van der Waals surface area (Å²) in [5.74, 6) is -0.949. The van der Waals surface area contributed by atoms with Crippen LogP contribution in [0.2, 0.25) is 0 Å². The monoisotopic (exact) mass is 451 g/mol. The first-order valence-corrected chi connectivity index (χ1v) is 10.2. The first-order chi connectivity index (χ1) is 15.7. The molecule has 0 bridgehead atoms. The molecule has 0 spiro atoms. The summed E-state index contributed by atoms with van der Waals surface area (Å²) in [5.41, 5.74) is 2.59. The number of carbonyl (C=O) groups excluding carboxylic acids is 2. The van der Waals surface area contributed by atoms with E-state index in [0.717, 1.165) is 23.3 Å². The number of nitrogens with one attached hydrogen (secondary N) is 1. The van der Waals surface area contributed by atoms with Gasteiger partial charge in [0.05, 0.1) is 29.1 Å². The second-order valence-electron chi connectivity index (χ2n) is 7.70. The molecule has 0 aliphatic carbocycles. The van der Waals surface area contributed by atoms with E-state index in [0.29, 0.717) is 17.1 Å². The van der Waals surface area contributed by atoms with E-state index in [1.807, 2.05) is 31.2 Å². The minimum atomic E-state index is -4.52. The summed E-state index contributed by atoms with van der Waals surface area (Å²) in [5, 5.41) is 2.45. The highest BCUT2D eigenvalue weighted by Gasteiger charge is 2.31. The molecule has 2 amide bonds. The second kappa shape index (κ2) is 8.90. The van der Waals surface area contributed by atoms with E-state index in [1.54, 1.807) is 24.3 Å². The third-order valence-corrected chi connectivity index (χ3v) is 5.21. The average molecular weight is 451 g/mol. The van der Waals surface area contributed by atoms with Gasteiger partial charge >= 0.3 is 6.18 Å². The van der Waals surface area contributed by atoms with Crippen molar-refractivity contribution in [2.75, 3.05) is 16.8 Å². The zero-order valence-electron chi connectivity index (χ0n) is 17.7. The zero-order chi connectivity index (χ0) is 23.6. The Morgan fingerprint density at radius 3 is 2.48 bits per heavy atom. The van der Waals surface area contributed by atoms with Crippen LogP contribution in [0, 0.1) is 6.92 Å². The maximum absolute atomic E-state index is 13.1. The van der Waals surface area contributed by atoms with Crippen molar-refractivity contribution in [2.24, 2.45) is 4.99 Å². The van der Waals surface area contributed by atoms with Crippen LogP contribution in [0.3, 0.4) is 0 Å². The van der Waals surface area contributed by atoms with Crippen LogP contribution in [0.5, 0.6) is 0 Å². The number of hydrogen-bond acceptors (Lipinski definition) is 3. The van der Waals surface area contributed by atoms with Crippen LogP contribution in [0.1, 0.15) is 23.1 Å². The average Bonchev–Trinajstić information content (AvgIpc) is 2.90. The van der Waals surface area contributed by atoms with Crippen LogP contribution in [-0.4, -0.2) is 24.1 Å². The number of hydrogen-bond donors (Lipinski definition) is 1. The summed E-state index contributed by atoms with van der Waals surface area (Å²) in [6.45, 7) is 1.60. The van der Waals surface area contributed by atoms with Crippen molar-refractivity contribution < 1.29 is 22.8 Å². The highest BCUT2D eigenvalue weighted by atomic mass is 19.4. The van der Waals surface area contributed by atoms with Gasteiger partial charge in [0.1, 0.15) is 6.54 Å². The molecule has 168 valence electrons. The molecule has 3 aromatic carbocycles. The molecule has 3 aromatic rings. The zero-order valence-corrected chi connectivity index (χ0v) is 17.7. The Balaban J connectivity index is 1.58. The van der Waals surface area contributed by atoms with Crippen LogP contribution in [0.25, 0.3) is 0 Å². The highest BCUT2D eigenvalue weighted by molar-refractivity contribution is 6.19. The first kappa shape index (κ1) is 22.3. The lowest BCUT2D eigenvalue weighted by Gasteiger charge is -2.22. The summed E-state index contributed by atoms with van der Waals surface area (Å²) < 4.78 is 38.9. The number of carbonyl (C=O) groups is 2. The molecular weight excluding hydrogens is 431 g/mol. The number of nitrogens with zero attached hydrogens (tertiary/aromatic N) is 2. The maximum Gasteiger partial charge on any atom is 0.416 e. The van der Waals surface area contributed by atoms with Gasteiger partial charge in [-0.2, -0.15) is 13.2 Å². The molecule has 1 heterocycles. The predicted molar refractivity (Wildman–Crippen MR) is 121 cm³/mol. The number of alkyl halides is 3. The van der Waals surface area contributed by atoms with E-state index in [2.05, 4.69) is 10.3 Å². The summed E-state index contributed by atoms with van der Waals surface area (Å²) in [7, 11) is 0. The fourth-order valence-corrected chi connectivity index (χ4v) is 3.55. The Kier molecular flexibility index (Phi) is 6.00. The van der Waals surface area contributed by atoms with Gasteiger partial charge in [0.2, 0.25) is 11.8 Å². The van der Waals surface area contributed by atoms with E-state index in [1.165, 1.54) is 17.0 Å². The Hall–Kier alpha value is -3.94. The largest absolute Gasteiger partial charge is 0.416 e. The van der Waals surface area contributed by atoms with Gasteiger partial charge in [0, 0.05) is 5.69 Å². The quantitative estimate of drug-likeness (QED) is 0.569. The van der Waals surface area contributed by atoms with Crippen molar-refractivity contribution in [3.8, 4) is 0 Å². The fourth-order valence-electron chi connectivity index (χ4n) is 3.55. The van der Waals surface area contributed by atoms with Crippen LogP contribution >= 0.6 is 0 Å². The SMILES string of the molecule is Cc1ccc(C2=Nc3ccccc3N(CC(=O)Nc3cccc(C(F)(F)F)c3)C(=O)C2)cc1. The lowest BCUT2D eigenvalue weighted by Crippen LogP contribution is -2.38. The topological polar surface area (TPSA) is 61.8 Å². The maximum atomic E-state index is 13.1. The Labute approximate surface area is 188 Å². The number of anilines is 2. The summed E-state index contributed by atoms with van der Waals surface area (Å²) >= 11 is 0. The van der Waals surface area contributed by atoms with E-state index in [9.17, 15) is 22.8 Å². The molecule has 0 unspecified atom stereocenters. The molecule has 33 heavy (non-hydrogen) atoms. The molecular formula is C25H20F3N3O2. The molecule has 0 saturated heterocycles. The minimum Gasteiger partial charge on any atom is -0.325 e. The standard InChI is InChI=1S/C25H20F3N3O2/c1-16-9-11-17(12-10-16)21-14-24(33)31(22-8-3-2-7-20(22)30-21)15-23(32)29-19-6-4-5-18(13-19)25(26,27)28/h2-13H,14-15H2,1H3,(H,29,32). The van der Waals surface area contributed by atoms with Crippen LogP contribution < -0.4 is 10.2 Å². The number of aryl methyl sites for hydroxylation is 1. The lowest BCUT2D eigenvalue weighted by molar-refractivity contribution is -0.137. The number of fused-ring (bicyclic) bond motifs is 1. The van der Waals surface area contributed by atoms with Crippen molar-refractivity contribution in [1.82, 2.24) is 0 Å². The predicted octanol–water partition coefficient (Wildman–Crippen LogP) is 5.51. The third-order valence-electron chi connectivity index (χ3n) is 5.21. The van der Waals surface area contributed by atoms with E-state index in [4.69, 9.17) is 0 Å². The molecule has 0 saturated carbocycles. The number of halogens is 3. The van der Waals surface area contributed by atoms with Crippen molar-refractivity contribution in [3.63, 3.8) is 0 Å². The normalized spacial score (nSPS) is 13.8. The summed E-state index contributed by atoms with van der Waals surface area (Å²) in [6, 6.07) is 19.0. The van der Waals surface area contributed by atoms with Crippen molar-refractivity contribution in [2.45, 2.75) is 19.5 Å². The molecule has 8 heteroatoms. The van der Waals surface area contributed by atoms with Gasteiger partial charge in [-0.3, -0.25) is 14.6 Å². The fraction of sp³-hybridized carbons (Fsp3) is 0.160. The number of para-hydroxylation sites is 2. The van der Waals surface area contributed by atoms with Crippen LogP contribution in [-0.2, 0) is 15.8 Å². The Bertz CT molecular complexity index is 1230. The molecule has 1 aliphatic rings.